The maximum Gasteiger partial charge on any atom is 0.160 e. The number of aliphatic hydroxyl groups excluding tert-OH is 1. The van der Waals surface area contributed by atoms with Crippen LogP contribution in [0.1, 0.15) is 12.8 Å². The summed E-state index contributed by atoms with van der Waals surface area (Å²) >= 11 is 0. The van der Waals surface area contributed by atoms with Crippen molar-refractivity contribution < 1.29 is 19.7 Å². The van der Waals surface area contributed by atoms with E-state index in [0.717, 1.165) is 0 Å². The zero-order valence-electron chi connectivity index (χ0n) is 7.77. The Hall–Kier alpha value is -0.420. The molecule has 1 fully saturated rings. The van der Waals surface area contributed by atoms with Gasteiger partial charge in [-0.2, -0.15) is 0 Å². The summed E-state index contributed by atoms with van der Waals surface area (Å²) in [6.07, 6.45) is 1.39. The van der Waals surface area contributed by atoms with Gasteiger partial charge in [-0.15, -0.1) is 6.58 Å². The highest BCUT2D eigenvalue weighted by molar-refractivity contribution is 4.97. The van der Waals surface area contributed by atoms with E-state index >= 15 is 0 Å². The lowest BCUT2D eigenvalue weighted by Gasteiger charge is -2.24. The third-order valence-corrected chi connectivity index (χ3v) is 2.36. The van der Waals surface area contributed by atoms with Crippen molar-refractivity contribution in [1.29, 1.82) is 0 Å². The standard InChI is InChI=1S/C9H16O4/c1-3-4-9(11)5-8(12-2)13-7(9)6-10/h3,7-8,10-11H,1,4-6H2,2H3/t7-,8+,9+/m1/s1. The highest BCUT2D eigenvalue weighted by Gasteiger charge is 2.46. The first-order chi connectivity index (χ1) is 6.16. The number of ether oxygens (including phenoxy) is 2. The van der Waals surface area contributed by atoms with E-state index in [2.05, 4.69) is 6.58 Å². The van der Waals surface area contributed by atoms with Crippen LogP contribution in [-0.2, 0) is 9.47 Å². The van der Waals surface area contributed by atoms with E-state index < -0.39 is 18.0 Å². The van der Waals surface area contributed by atoms with Crippen molar-refractivity contribution in [3.63, 3.8) is 0 Å². The molecule has 1 heterocycles. The fourth-order valence-electron chi connectivity index (χ4n) is 1.59. The first-order valence-electron chi connectivity index (χ1n) is 4.28. The summed E-state index contributed by atoms with van der Waals surface area (Å²) in [5.74, 6) is 0. The van der Waals surface area contributed by atoms with E-state index in [4.69, 9.17) is 14.6 Å². The van der Waals surface area contributed by atoms with E-state index in [1.54, 1.807) is 6.08 Å². The van der Waals surface area contributed by atoms with E-state index in [1.165, 1.54) is 7.11 Å². The molecule has 1 rings (SSSR count). The Morgan fingerprint density at radius 1 is 1.77 bits per heavy atom. The Morgan fingerprint density at radius 3 is 2.92 bits per heavy atom. The molecular weight excluding hydrogens is 172 g/mol. The second kappa shape index (κ2) is 4.19. The summed E-state index contributed by atoms with van der Waals surface area (Å²) in [6.45, 7) is 3.35. The van der Waals surface area contributed by atoms with Crippen LogP contribution in [-0.4, -0.2) is 41.9 Å². The van der Waals surface area contributed by atoms with Gasteiger partial charge in [-0.05, 0) is 6.42 Å². The van der Waals surface area contributed by atoms with Crippen molar-refractivity contribution in [3.05, 3.63) is 12.7 Å². The average Bonchev–Trinajstić information content (AvgIpc) is 2.43. The molecule has 3 atom stereocenters. The van der Waals surface area contributed by atoms with Crippen molar-refractivity contribution in [2.24, 2.45) is 0 Å². The number of rotatable bonds is 4. The molecule has 13 heavy (non-hydrogen) atoms. The Labute approximate surface area is 77.8 Å². The van der Waals surface area contributed by atoms with Crippen LogP contribution in [0.2, 0.25) is 0 Å². The fourth-order valence-corrected chi connectivity index (χ4v) is 1.59. The van der Waals surface area contributed by atoms with Crippen molar-refractivity contribution in [2.75, 3.05) is 13.7 Å². The van der Waals surface area contributed by atoms with E-state index in [0.29, 0.717) is 12.8 Å². The van der Waals surface area contributed by atoms with Gasteiger partial charge in [0.15, 0.2) is 6.29 Å². The third-order valence-electron chi connectivity index (χ3n) is 2.36. The van der Waals surface area contributed by atoms with E-state index in [-0.39, 0.29) is 6.61 Å². The summed E-state index contributed by atoms with van der Waals surface area (Å²) in [5.41, 5.74) is -1.03. The third kappa shape index (κ3) is 2.08. The minimum Gasteiger partial charge on any atom is -0.394 e. The van der Waals surface area contributed by atoms with Gasteiger partial charge < -0.3 is 19.7 Å². The molecule has 4 nitrogen and oxygen atoms in total. The summed E-state index contributed by atoms with van der Waals surface area (Å²) in [4.78, 5) is 0. The van der Waals surface area contributed by atoms with Crippen LogP contribution in [0.5, 0.6) is 0 Å². The molecule has 0 spiro atoms. The van der Waals surface area contributed by atoms with Gasteiger partial charge in [0, 0.05) is 13.5 Å². The van der Waals surface area contributed by atoms with Crippen LogP contribution in [0, 0.1) is 0 Å². The average molecular weight is 188 g/mol. The molecule has 0 aliphatic carbocycles. The zero-order chi connectivity index (χ0) is 9.90. The van der Waals surface area contributed by atoms with Gasteiger partial charge in [0.25, 0.3) is 0 Å². The highest BCUT2D eigenvalue weighted by Crippen LogP contribution is 2.33. The lowest BCUT2D eigenvalue weighted by molar-refractivity contribution is -0.134. The molecule has 0 saturated carbocycles. The molecule has 2 N–H and O–H groups in total. The highest BCUT2D eigenvalue weighted by atomic mass is 16.7. The van der Waals surface area contributed by atoms with Crippen molar-refractivity contribution >= 4 is 0 Å². The van der Waals surface area contributed by atoms with Gasteiger partial charge in [0.2, 0.25) is 0 Å². The number of hydrogen-bond donors (Lipinski definition) is 2. The number of aliphatic hydroxyl groups is 2. The molecule has 4 heteroatoms. The van der Waals surface area contributed by atoms with E-state index in [9.17, 15) is 5.11 Å². The summed E-state index contributed by atoms with van der Waals surface area (Å²) in [7, 11) is 1.51. The van der Waals surface area contributed by atoms with Gasteiger partial charge in [0.05, 0.1) is 6.61 Å². The summed E-state index contributed by atoms with van der Waals surface area (Å²) in [5, 5.41) is 19.0. The van der Waals surface area contributed by atoms with Gasteiger partial charge in [-0.25, -0.2) is 0 Å². The predicted octanol–water partition coefficient (Wildman–Crippen LogP) is 0.0473. The van der Waals surface area contributed by atoms with Crippen molar-refractivity contribution in [3.8, 4) is 0 Å². The lowest BCUT2D eigenvalue weighted by Crippen LogP contribution is -2.39. The fraction of sp³-hybridized carbons (Fsp3) is 0.778. The van der Waals surface area contributed by atoms with Crippen LogP contribution in [0.3, 0.4) is 0 Å². The second-order valence-electron chi connectivity index (χ2n) is 3.27. The molecule has 1 aliphatic heterocycles. The normalized spacial score (nSPS) is 39.3. The Balaban J connectivity index is 2.65. The molecule has 0 bridgehead atoms. The van der Waals surface area contributed by atoms with Gasteiger partial charge >= 0.3 is 0 Å². The smallest absolute Gasteiger partial charge is 0.160 e. The summed E-state index contributed by atoms with van der Waals surface area (Å²) < 4.78 is 10.2. The Kier molecular flexibility index (Phi) is 3.44. The molecule has 0 aromatic heterocycles. The number of methoxy groups -OCH3 is 1. The predicted molar refractivity (Wildman–Crippen MR) is 47.1 cm³/mol. The SMILES string of the molecule is C=CC[C@]1(O)C[C@@H](OC)O[C@@H]1CO. The molecule has 1 aliphatic rings. The minimum atomic E-state index is -1.03. The topological polar surface area (TPSA) is 58.9 Å². The Morgan fingerprint density at radius 2 is 2.46 bits per heavy atom. The molecule has 0 amide bonds. The zero-order valence-corrected chi connectivity index (χ0v) is 7.77. The van der Waals surface area contributed by atoms with Crippen LogP contribution in [0.4, 0.5) is 0 Å². The molecule has 0 aromatic rings. The molecule has 0 radical (unpaired) electrons. The molecule has 0 unspecified atom stereocenters. The molecule has 76 valence electrons. The van der Waals surface area contributed by atoms with Crippen LogP contribution in [0.15, 0.2) is 12.7 Å². The first-order valence-corrected chi connectivity index (χ1v) is 4.28. The van der Waals surface area contributed by atoms with Crippen molar-refractivity contribution in [2.45, 2.75) is 30.8 Å². The van der Waals surface area contributed by atoms with Crippen LogP contribution < -0.4 is 0 Å². The Bertz CT molecular complexity index is 182. The first kappa shape index (κ1) is 10.7. The lowest BCUT2D eigenvalue weighted by atomic mass is 9.92. The van der Waals surface area contributed by atoms with E-state index in [1.807, 2.05) is 0 Å². The summed E-state index contributed by atoms with van der Waals surface area (Å²) in [6, 6.07) is 0. The number of hydrogen-bond acceptors (Lipinski definition) is 4. The molecule has 1 saturated heterocycles. The van der Waals surface area contributed by atoms with Crippen molar-refractivity contribution in [1.82, 2.24) is 0 Å². The van der Waals surface area contributed by atoms with Gasteiger partial charge in [0.1, 0.15) is 11.7 Å². The maximum absolute atomic E-state index is 10.0. The second-order valence-corrected chi connectivity index (χ2v) is 3.27. The van der Waals surface area contributed by atoms with Crippen LogP contribution in [0.25, 0.3) is 0 Å². The minimum absolute atomic E-state index is 0.204. The monoisotopic (exact) mass is 188 g/mol. The van der Waals surface area contributed by atoms with Crippen LogP contribution >= 0.6 is 0 Å². The maximum atomic E-state index is 10.0. The molecular formula is C9H16O4. The quantitative estimate of drug-likeness (QED) is 0.612. The van der Waals surface area contributed by atoms with Gasteiger partial charge in [-0.3, -0.25) is 0 Å². The van der Waals surface area contributed by atoms with Gasteiger partial charge in [-0.1, -0.05) is 6.08 Å². The molecule has 0 aromatic carbocycles. The largest absolute Gasteiger partial charge is 0.394 e.